The minimum atomic E-state index is -0.243. The van der Waals surface area contributed by atoms with Gasteiger partial charge >= 0.3 is 0 Å². The average molecular weight is 141 g/mol. The van der Waals surface area contributed by atoms with E-state index in [4.69, 9.17) is 11.1 Å². The first kappa shape index (κ1) is 8.68. The topological polar surface area (TPSA) is 79.0 Å². The molecule has 0 radical (unpaired) electrons. The number of nitrogens with two attached hydrogens (primary N) is 1. The highest BCUT2D eigenvalue weighted by Gasteiger charge is 1.99. The van der Waals surface area contributed by atoms with E-state index in [-0.39, 0.29) is 18.2 Å². The van der Waals surface area contributed by atoms with Crippen molar-refractivity contribution in [3.05, 3.63) is 12.7 Å². The molecule has 0 bridgehead atoms. The Morgan fingerprint density at radius 1 is 1.80 bits per heavy atom. The van der Waals surface area contributed by atoms with Gasteiger partial charge < -0.3 is 11.1 Å². The van der Waals surface area contributed by atoms with Crippen molar-refractivity contribution in [2.24, 2.45) is 5.73 Å². The standard InChI is InChI=1S/C6H11N3O/c1-2-3-9-6(10)4-5(7)8/h2H,1,3-4H2,(H3,7,8)(H,9,10). The fourth-order valence-corrected chi connectivity index (χ4v) is 0.421. The van der Waals surface area contributed by atoms with E-state index in [0.29, 0.717) is 6.54 Å². The molecule has 0 atom stereocenters. The van der Waals surface area contributed by atoms with Gasteiger partial charge in [0.05, 0.1) is 12.3 Å². The molecule has 4 nitrogen and oxygen atoms in total. The van der Waals surface area contributed by atoms with Crippen LogP contribution in [-0.4, -0.2) is 18.3 Å². The van der Waals surface area contributed by atoms with Crippen molar-refractivity contribution in [3.63, 3.8) is 0 Å². The van der Waals surface area contributed by atoms with Crippen molar-refractivity contribution < 1.29 is 4.79 Å². The van der Waals surface area contributed by atoms with Crippen molar-refractivity contribution in [1.82, 2.24) is 5.32 Å². The van der Waals surface area contributed by atoms with Crippen LogP contribution in [0.3, 0.4) is 0 Å². The highest BCUT2D eigenvalue weighted by atomic mass is 16.1. The van der Waals surface area contributed by atoms with Crippen LogP contribution >= 0.6 is 0 Å². The van der Waals surface area contributed by atoms with Crippen LogP contribution in [-0.2, 0) is 4.79 Å². The van der Waals surface area contributed by atoms with E-state index in [1.165, 1.54) is 0 Å². The summed E-state index contributed by atoms with van der Waals surface area (Å²) in [6, 6.07) is 0. The van der Waals surface area contributed by atoms with E-state index >= 15 is 0 Å². The molecule has 1 amide bonds. The zero-order chi connectivity index (χ0) is 7.98. The van der Waals surface area contributed by atoms with E-state index in [9.17, 15) is 4.79 Å². The van der Waals surface area contributed by atoms with Gasteiger partial charge in [-0.3, -0.25) is 10.2 Å². The van der Waals surface area contributed by atoms with Crippen LogP contribution in [0.5, 0.6) is 0 Å². The molecule has 0 aliphatic heterocycles. The molecule has 4 heteroatoms. The number of amidine groups is 1. The fourth-order valence-electron chi connectivity index (χ4n) is 0.421. The first-order valence-electron chi connectivity index (χ1n) is 2.87. The largest absolute Gasteiger partial charge is 0.387 e. The number of hydrogen-bond acceptors (Lipinski definition) is 2. The quantitative estimate of drug-likeness (QED) is 0.283. The van der Waals surface area contributed by atoms with Crippen LogP contribution in [0, 0.1) is 5.41 Å². The molecule has 56 valence electrons. The maximum absolute atomic E-state index is 10.6. The lowest BCUT2D eigenvalue weighted by Crippen LogP contribution is -2.27. The highest BCUT2D eigenvalue weighted by molar-refractivity contribution is 5.97. The lowest BCUT2D eigenvalue weighted by atomic mass is 10.4. The normalized spacial score (nSPS) is 8.40. The Labute approximate surface area is 59.6 Å². The summed E-state index contributed by atoms with van der Waals surface area (Å²) in [5.74, 6) is -0.367. The lowest BCUT2D eigenvalue weighted by molar-refractivity contribution is -0.119. The van der Waals surface area contributed by atoms with Crippen molar-refractivity contribution >= 4 is 11.7 Å². The zero-order valence-electron chi connectivity index (χ0n) is 5.68. The molecule has 0 saturated carbocycles. The van der Waals surface area contributed by atoms with Gasteiger partial charge in [-0.1, -0.05) is 6.08 Å². The van der Waals surface area contributed by atoms with Crippen LogP contribution in [0.2, 0.25) is 0 Å². The minimum Gasteiger partial charge on any atom is -0.387 e. The molecule has 0 rings (SSSR count). The van der Waals surface area contributed by atoms with Crippen LogP contribution in [0.25, 0.3) is 0 Å². The Kier molecular flexibility index (Phi) is 3.95. The summed E-state index contributed by atoms with van der Waals surface area (Å²) in [5, 5.41) is 9.24. The molecule has 0 aliphatic carbocycles. The Morgan fingerprint density at radius 3 is 2.80 bits per heavy atom. The number of hydrogen-bond donors (Lipinski definition) is 3. The van der Waals surface area contributed by atoms with Gasteiger partial charge in [-0.25, -0.2) is 0 Å². The van der Waals surface area contributed by atoms with Gasteiger partial charge in [0.2, 0.25) is 5.91 Å². The summed E-state index contributed by atoms with van der Waals surface area (Å²) in [7, 11) is 0. The van der Waals surface area contributed by atoms with Crippen LogP contribution in [0.1, 0.15) is 6.42 Å². The fraction of sp³-hybridized carbons (Fsp3) is 0.333. The Balaban J connectivity index is 3.43. The second-order valence-electron chi connectivity index (χ2n) is 1.79. The van der Waals surface area contributed by atoms with E-state index in [1.54, 1.807) is 6.08 Å². The molecule has 0 fully saturated rings. The molecule has 0 unspecified atom stereocenters. The first-order valence-corrected chi connectivity index (χ1v) is 2.87. The summed E-state index contributed by atoms with van der Waals surface area (Å²) >= 11 is 0. The zero-order valence-corrected chi connectivity index (χ0v) is 5.68. The first-order chi connectivity index (χ1) is 4.66. The molecule has 0 aromatic carbocycles. The Bertz CT molecular complexity index is 153. The molecule has 0 saturated heterocycles. The maximum Gasteiger partial charge on any atom is 0.227 e. The summed E-state index contributed by atoms with van der Waals surface area (Å²) in [4.78, 5) is 10.6. The number of amides is 1. The summed E-state index contributed by atoms with van der Waals surface area (Å²) < 4.78 is 0. The third-order valence-corrected chi connectivity index (χ3v) is 0.795. The summed E-state index contributed by atoms with van der Waals surface area (Å²) in [6.07, 6.45) is 1.53. The van der Waals surface area contributed by atoms with Gasteiger partial charge in [-0.15, -0.1) is 6.58 Å². The second kappa shape index (κ2) is 4.55. The van der Waals surface area contributed by atoms with Gasteiger partial charge in [0, 0.05) is 6.54 Å². The highest BCUT2D eigenvalue weighted by Crippen LogP contribution is 1.75. The minimum absolute atomic E-state index is 0.0339. The van der Waals surface area contributed by atoms with Crippen molar-refractivity contribution in [2.45, 2.75) is 6.42 Å². The van der Waals surface area contributed by atoms with Crippen molar-refractivity contribution in [1.29, 1.82) is 5.41 Å². The van der Waals surface area contributed by atoms with Crippen molar-refractivity contribution in [2.75, 3.05) is 6.54 Å². The number of nitrogens with one attached hydrogen (secondary N) is 2. The van der Waals surface area contributed by atoms with Gasteiger partial charge in [0.1, 0.15) is 0 Å². The Morgan fingerprint density at radius 2 is 2.40 bits per heavy atom. The molecule has 0 aromatic heterocycles. The maximum atomic E-state index is 10.6. The third-order valence-electron chi connectivity index (χ3n) is 0.795. The van der Waals surface area contributed by atoms with E-state index in [1.807, 2.05) is 0 Å². The predicted molar refractivity (Wildman–Crippen MR) is 39.7 cm³/mol. The average Bonchev–Trinajstić information content (AvgIpc) is 1.82. The monoisotopic (exact) mass is 141 g/mol. The molecule has 4 N–H and O–H groups in total. The Hall–Kier alpha value is -1.32. The molecule has 0 spiro atoms. The van der Waals surface area contributed by atoms with Crippen LogP contribution < -0.4 is 11.1 Å². The van der Waals surface area contributed by atoms with Crippen LogP contribution in [0.15, 0.2) is 12.7 Å². The van der Waals surface area contributed by atoms with Gasteiger partial charge in [-0.2, -0.15) is 0 Å². The molecule has 10 heavy (non-hydrogen) atoms. The summed E-state index contributed by atoms with van der Waals surface area (Å²) in [6.45, 7) is 3.83. The third kappa shape index (κ3) is 4.83. The lowest BCUT2D eigenvalue weighted by Gasteiger charge is -1.98. The molecular weight excluding hydrogens is 130 g/mol. The summed E-state index contributed by atoms with van der Waals surface area (Å²) in [5.41, 5.74) is 4.96. The van der Waals surface area contributed by atoms with E-state index in [0.717, 1.165) is 0 Å². The number of carbonyl (C=O) groups excluding carboxylic acids is 1. The molecule has 0 aliphatic rings. The molecule has 0 aromatic rings. The second-order valence-corrected chi connectivity index (χ2v) is 1.79. The smallest absolute Gasteiger partial charge is 0.227 e. The van der Waals surface area contributed by atoms with Gasteiger partial charge in [0.25, 0.3) is 0 Å². The van der Waals surface area contributed by atoms with E-state index in [2.05, 4.69) is 11.9 Å². The molecular formula is C6H11N3O. The SMILES string of the molecule is C=CCNC(=O)CC(=N)N. The van der Waals surface area contributed by atoms with Gasteiger partial charge in [0.15, 0.2) is 0 Å². The number of rotatable bonds is 4. The van der Waals surface area contributed by atoms with Crippen molar-refractivity contribution in [3.8, 4) is 0 Å². The predicted octanol–water partition coefficient (Wildman–Crippen LogP) is -0.385. The van der Waals surface area contributed by atoms with E-state index < -0.39 is 0 Å². The molecule has 0 heterocycles. The van der Waals surface area contributed by atoms with Crippen LogP contribution in [0.4, 0.5) is 0 Å². The number of carbonyl (C=O) groups is 1. The van der Waals surface area contributed by atoms with Gasteiger partial charge in [-0.05, 0) is 0 Å².